The van der Waals surface area contributed by atoms with E-state index in [1.165, 1.54) is 6.42 Å². The number of carbonyl (C=O) groups is 1. The van der Waals surface area contributed by atoms with Crippen LogP contribution in [-0.4, -0.2) is 23.6 Å². The van der Waals surface area contributed by atoms with Gasteiger partial charge in [-0.3, -0.25) is 4.79 Å². The van der Waals surface area contributed by atoms with Gasteiger partial charge < -0.3 is 14.2 Å². The second kappa shape index (κ2) is 3.28. The molecule has 0 radical (unpaired) electrons. The Hall–Kier alpha value is -0.610. The molecule has 3 saturated heterocycles. The molecule has 2 bridgehead atoms. The van der Waals surface area contributed by atoms with Gasteiger partial charge in [-0.15, -0.1) is 0 Å². The number of carbonyl (C=O) groups excluding carboxylic acids is 1. The van der Waals surface area contributed by atoms with E-state index in [4.69, 9.17) is 14.2 Å². The van der Waals surface area contributed by atoms with Crippen LogP contribution in [0.15, 0.2) is 0 Å². The Bertz CT molecular complexity index is 409. The van der Waals surface area contributed by atoms with Crippen LogP contribution in [-0.2, 0) is 19.0 Å². The fourth-order valence-corrected chi connectivity index (χ4v) is 4.71. The Morgan fingerprint density at radius 1 is 1.28 bits per heavy atom. The maximum absolute atomic E-state index is 11.7. The van der Waals surface area contributed by atoms with Crippen LogP contribution in [0.1, 0.15) is 46.0 Å². The van der Waals surface area contributed by atoms with Gasteiger partial charge in [0.05, 0.1) is 6.42 Å². The summed E-state index contributed by atoms with van der Waals surface area (Å²) < 4.78 is 17.8. The predicted molar refractivity (Wildman–Crippen MR) is 62.4 cm³/mol. The average Bonchev–Trinajstić information content (AvgIpc) is 2.52. The van der Waals surface area contributed by atoms with E-state index < -0.39 is 12.1 Å². The lowest BCUT2D eigenvalue weighted by Crippen LogP contribution is -2.62. The summed E-state index contributed by atoms with van der Waals surface area (Å²) in [5, 5.41) is 0. The Morgan fingerprint density at radius 2 is 2.11 bits per heavy atom. The van der Waals surface area contributed by atoms with E-state index in [0.29, 0.717) is 18.3 Å². The molecule has 4 heteroatoms. The fraction of sp³-hybridized carbons (Fsp3) is 0.929. The number of hydrogen-bond donors (Lipinski definition) is 0. The van der Waals surface area contributed by atoms with Crippen molar-refractivity contribution in [3.8, 4) is 0 Å². The van der Waals surface area contributed by atoms with Crippen molar-refractivity contribution in [3.05, 3.63) is 0 Å². The summed E-state index contributed by atoms with van der Waals surface area (Å²) in [7, 11) is 0. The van der Waals surface area contributed by atoms with Crippen LogP contribution < -0.4 is 0 Å². The standard InChI is InChI=1S/C14H20O4/c1-8-3-4-9-7-11(15)16-12-14(9)10(8)5-6-13(2,17-12)18-14/h8-10,12H,3-7H2,1-2H3/t8-,9+,10+,12-,13-,14+/m1/s1. The van der Waals surface area contributed by atoms with Gasteiger partial charge in [-0.05, 0) is 38.0 Å². The van der Waals surface area contributed by atoms with E-state index in [1.807, 2.05) is 6.92 Å². The van der Waals surface area contributed by atoms with E-state index >= 15 is 0 Å². The first-order chi connectivity index (χ1) is 8.53. The molecule has 1 spiro atoms. The minimum Gasteiger partial charge on any atom is -0.432 e. The van der Waals surface area contributed by atoms with Gasteiger partial charge in [0.15, 0.2) is 5.79 Å². The molecule has 4 rings (SSSR count). The molecule has 1 saturated carbocycles. The minimum absolute atomic E-state index is 0.122. The molecule has 18 heavy (non-hydrogen) atoms. The highest BCUT2D eigenvalue weighted by atomic mass is 16.8. The molecular weight excluding hydrogens is 232 g/mol. The molecule has 4 fully saturated rings. The minimum atomic E-state index is -0.541. The molecular formula is C14H20O4. The van der Waals surface area contributed by atoms with Crippen LogP contribution in [0.5, 0.6) is 0 Å². The molecule has 0 unspecified atom stereocenters. The van der Waals surface area contributed by atoms with E-state index in [-0.39, 0.29) is 17.5 Å². The van der Waals surface area contributed by atoms with Crippen LogP contribution in [0.4, 0.5) is 0 Å². The third kappa shape index (κ3) is 1.21. The fourth-order valence-electron chi connectivity index (χ4n) is 4.71. The summed E-state index contributed by atoms with van der Waals surface area (Å²) in [5.74, 6) is 0.730. The van der Waals surface area contributed by atoms with Gasteiger partial charge in [0.25, 0.3) is 0 Å². The van der Waals surface area contributed by atoms with Crippen molar-refractivity contribution in [3.63, 3.8) is 0 Å². The zero-order valence-corrected chi connectivity index (χ0v) is 11.0. The number of hydrogen-bond acceptors (Lipinski definition) is 4. The molecule has 0 N–H and O–H groups in total. The van der Waals surface area contributed by atoms with Gasteiger partial charge >= 0.3 is 5.97 Å². The largest absolute Gasteiger partial charge is 0.432 e. The smallest absolute Gasteiger partial charge is 0.308 e. The summed E-state index contributed by atoms with van der Waals surface area (Å²) >= 11 is 0. The summed E-state index contributed by atoms with van der Waals surface area (Å²) in [5.41, 5.74) is -0.349. The van der Waals surface area contributed by atoms with Crippen molar-refractivity contribution in [2.75, 3.05) is 0 Å². The maximum atomic E-state index is 11.7. The van der Waals surface area contributed by atoms with Gasteiger partial charge in [0.1, 0.15) is 5.60 Å². The number of ether oxygens (including phenoxy) is 3. The van der Waals surface area contributed by atoms with Crippen LogP contribution in [0.25, 0.3) is 0 Å². The molecule has 3 aliphatic heterocycles. The topological polar surface area (TPSA) is 44.8 Å². The molecule has 4 nitrogen and oxygen atoms in total. The number of esters is 1. The SMILES string of the molecule is C[C@@H]1CC[C@H]2CC(=O)O[C@@H]3O[C@@]4(C)CC[C@@H]1[C@@]23O4. The van der Waals surface area contributed by atoms with Crippen LogP contribution in [0, 0.1) is 17.8 Å². The number of fused-ring (bicyclic) bond motifs is 1. The first kappa shape index (κ1) is 11.2. The van der Waals surface area contributed by atoms with Gasteiger partial charge in [0, 0.05) is 12.3 Å². The lowest BCUT2D eigenvalue weighted by molar-refractivity contribution is -0.254. The van der Waals surface area contributed by atoms with Crippen molar-refractivity contribution in [2.24, 2.45) is 17.8 Å². The molecule has 6 atom stereocenters. The first-order valence-corrected chi connectivity index (χ1v) is 7.11. The third-order valence-corrected chi connectivity index (χ3v) is 5.55. The zero-order chi connectivity index (χ0) is 12.5. The Balaban J connectivity index is 1.81. The van der Waals surface area contributed by atoms with E-state index in [2.05, 4.69) is 6.92 Å². The van der Waals surface area contributed by atoms with E-state index in [1.54, 1.807) is 0 Å². The van der Waals surface area contributed by atoms with Crippen molar-refractivity contribution in [1.82, 2.24) is 0 Å². The molecule has 0 aromatic rings. The third-order valence-electron chi connectivity index (χ3n) is 5.55. The summed E-state index contributed by atoms with van der Waals surface area (Å²) in [6.07, 6.45) is 4.31. The van der Waals surface area contributed by atoms with E-state index in [0.717, 1.165) is 19.3 Å². The predicted octanol–water partition coefficient (Wildman–Crippen LogP) is 2.22. The van der Waals surface area contributed by atoms with Crippen molar-refractivity contribution in [1.29, 1.82) is 0 Å². The average molecular weight is 252 g/mol. The molecule has 0 amide bonds. The highest BCUT2D eigenvalue weighted by molar-refractivity contribution is 5.71. The normalized spacial score (nSPS) is 58.0. The zero-order valence-electron chi connectivity index (χ0n) is 11.0. The van der Waals surface area contributed by atoms with Crippen LogP contribution in [0.3, 0.4) is 0 Å². The highest BCUT2D eigenvalue weighted by Crippen LogP contribution is 2.61. The summed E-state index contributed by atoms with van der Waals surface area (Å²) in [4.78, 5) is 11.7. The quantitative estimate of drug-likeness (QED) is 0.620. The van der Waals surface area contributed by atoms with Gasteiger partial charge in [-0.1, -0.05) is 6.92 Å². The van der Waals surface area contributed by atoms with Crippen molar-refractivity contribution in [2.45, 2.75) is 63.6 Å². The summed E-state index contributed by atoms with van der Waals surface area (Å²) in [6, 6.07) is 0. The molecule has 4 aliphatic rings. The maximum Gasteiger partial charge on any atom is 0.308 e. The monoisotopic (exact) mass is 252 g/mol. The second-order valence-corrected chi connectivity index (χ2v) is 6.63. The van der Waals surface area contributed by atoms with Crippen LogP contribution >= 0.6 is 0 Å². The Morgan fingerprint density at radius 3 is 2.94 bits per heavy atom. The van der Waals surface area contributed by atoms with Gasteiger partial charge in [-0.25, -0.2) is 0 Å². The van der Waals surface area contributed by atoms with Crippen molar-refractivity contribution < 1.29 is 19.0 Å². The molecule has 0 aromatic carbocycles. The lowest BCUT2D eigenvalue weighted by atomic mass is 9.59. The lowest BCUT2D eigenvalue weighted by Gasteiger charge is -2.54. The van der Waals surface area contributed by atoms with Gasteiger partial charge in [-0.2, -0.15) is 0 Å². The first-order valence-electron chi connectivity index (χ1n) is 7.11. The Kier molecular flexibility index (Phi) is 2.05. The van der Waals surface area contributed by atoms with E-state index in [9.17, 15) is 4.79 Å². The molecule has 3 heterocycles. The molecule has 0 aromatic heterocycles. The molecule has 1 aliphatic carbocycles. The molecule has 100 valence electrons. The number of rotatable bonds is 0. The second-order valence-electron chi connectivity index (χ2n) is 6.63. The Labute approximate surface area is 107 Å². The van der Waals surface area contributed by atoms with Crippen LogP contribution in [0.2, 0.25) is 0 Å². The van der Waals surface area contributed by atoms with Crippen molar-refractivity contribution >= 4 is 5.97 Å². The highest BCUT2D eigenvalue weighted by Gasteiger charge is 2.70. The van der Waals surface area contributed by atoms with Gasteiger partial charge in [0.2, 0.25) is 6.29 Å². The summed E-state index contributed by atoms with van der Waals surface area (Å²) in [6.45, 7) is 4.29.